The minimum absolute atomic E-state index is 0.0584. The SMILES string of the molecule is [2H]C[C@H]1O[C@@H](n2cnc3c(=O)[nH]c(NCCCCCCN)nc32)[C@H](F)[C@@H]1O. The lowest BCUT2D eigenvalue weighted by molar-refractivity contribution is -0.0137. The normalized spacial score (nSPS) is 26.3. The summed E-state index contributed by atoms with van der Waals surface area (Å²) in [5.41, 5.74) is 5.23. The molecule has 10 heteroatoms. The number of nitrogens with two attached hydrogens (primary N) is 1. The van der Waals surface area contributed by atoms with E-state index in [2.05, 4.69) is 20.3 Å². The van der Waals surface area contributed by atoms with Crippen LogP contribution < -0.4 is 16.6 Å². The number of ether oxygens (including phenoxy) is 1. The molecule has 0 unspecified atom stereocenters. The van der Waals surface area contributed by atoms with Crippen LogP contribution in [0.25, 0.3) is 11.2 Å². The summed E-state index contributed by atoms with van der Waals surface area (Å²) in [4.78, 5) is 23.1. The maximum atomic E-state index is 14.4. The van der Waals surface area contributed by atoms with E-state index in [0.29, 0.717) is 13.1 Å². The van der Waals surface area contributed by atoms with Crippen molar-refractivity contribution in [2.75, 3.05) is 18.4 Å². The predicted octanol–water partition coefficient (Wildman–Crippen LogP) is 0.667. The quantitative estimate of drug-likeness (QED) is 0.503. The smallest absolute Gasteiger partial charge is 0.280 e. The number of imidazole rings is 1. The third kappa shape index (κ3) is 3.71. The number of anilines is 1. The number of aliphatic hydroxyl groups excluding tert-OH is 1. The van der Waals surface area contributed by atoms with E-state index in [1.807, 2.05) is 0 Å². The minimum Gasteiger partial charge on any atom is -0.387 e. The van der Waals surface area contributed by atoms with Crippen LogP contribution in [0.4, 0.5) is 10.3 Å². The summed E-state index contributed by atoms with van der Waals surface area (Å²) in [6, 6.07) is 0. The molecule has 0 spiro atoms. The molecule has 0 aromatic carbocycles. The maximum absolute atomic E-state index is 14.4. The second kappa shape index (κ2) is 8.11. The lowest BCUT2D eigenvalue weighted by Gasteiger charge is -2.15. The molecule has 0 saturated carbocycles. The molecule has 1 saturated heterocycles. The van der Waals surface area contributed by atoms with Gasteiger partial charge < -0.3 is 20.9 Å². The second-order valence-electron chi connectivity index (χ2n) is 6.37. The Morgan fingerprint density at radius 2 is 2.31 bits per heavy atom. The molecule has 9 nitrogen and oxygen atoms in total. The van der Waals surface area contributed by atoms with Crippen LogP contribution in [0.3, 0.4) is 0 Å². The third-order valence-corrected chi connectivity index (χ3v) is 4.42. The minimum atomic E-state index is -1.74. The summed E-state index contributed by atoms with van der Waals surface area (Å²) in [5.74, 6) is 0.263. The van der Waals surface area contributed by atoms with E-state index in [-0.39, 0.29) is 24.0 Å². The number of nitrogens with zero attached hydrogens (tertiary/aromatic N) is 3. The molecular formula is C16H25FN6O3. The summed E-state index contributed by atoms with van der Waals surface area (Å²) in [7, 11) is 0. The van der Waals surface area contributed by atoms with Gasteiger partial charge in [-0.25, -0.2) is 9.37 Å². The lowest BCUT2D eigenvalue weighted by Crippen LogP contribution is -2.26. The van der Waals surface area contributed by atoms with E-state index in [1.165, 1.54) is 10.9 Å². The molecule has 0 amide bonds. The number of hydrogen-bond acceptors (Lipinski definition) is 7. The number of aliphatic hydroxyl groups is 1. The Hall–Kier alpha value is -2.04. The number of aromatic amines is 1. The van der Waals surface area contributed by atoms with Crippen molar-refractivity contribution in [1.29, 1.82) is 0 Å². The van der Waals surface area contributed by atoms with E-state index in [0.717, 1.165) is 25.7 Å². The fraction of sp³-hybridized carbons (Fsp3) is 0.688. The van der Waals surface area contributed by atoms with Gasteiger partial charge in [-0.05, 0) is 26.3 Å². The van der Waals surface area contributed by atoms with Gasteiger partial charge in [0.2, 0.25) is 5.95 Å². The molecule has 26 heavy (non-hydrogen) atoms. The van der Waals surface area contributed by atoms with Crippen LogP contribution in [0.1, 0.15) is 40.2 Å². The summed E-state index contributed by atoms with van der Waals surface area (Å²) in [6.07, 6.45) is -0.0523. The van der Waals surface area contributed by atoms with Gasteiger partial charge in [0.1, 0.15) is 6.10 Å². The van der Waals surface area contributed by atoms with Crippen molar-refractivity contribution in [2.24, 2.45) is 5.73 Å². The number of unbranched alkanes of at least 4 members (excludes halogenated alkanes) is 3. The molecule has 1 aliphatic rings. The largest absolute Gasteiger partial charge is 0.387 e. The van der Waals surface area contributed by atoms with Crippen LogP contribution in [-0.4, -0.2) is 56.1 Å². The van der Waals surface area contributed by atoms with Crippen LogP contribution in [0.5, 0.6) is 0 Å². The number of rotatable bonds is 8. The Bertz CT molecular complexity index is 815. The Labute approximate surface area is 151 Å². The van der Waals surface area contributed by atoms with Gasteiger partial charge in [0, 0.05) is 7.92 Å². The third-order valence-electron chi connectivity index (χ3n) is 4.42. The van der Waals surface area contributed by atoms with Gasteiger partial charge in [0.15, 0.2) is 23.6 Å². The van der Waals surface area contributed by atoms with Crippen molar-refractivity contribution >= 4 is 17.1 Å². The Kier molecular flexibility index (Phi) is 5.42. The van der Waals surface area contributed by atoms with Gasteiger partial charge in [-0.2, -0.15) is 4.98 Å². The average molecular weight is 369 g/mol. The first-order valence-corrected chi connectivity index (χ1v) is 8.74. The Balaban J connectivity index is 1.76. The molecule has 5 N–H and O–H groups in total. The highest BCUT2D eigenvalue weighted by Crippen LogP contribution is 2.32. The number of nitrogens with one attached hydrogen (secondary N) is 2. The molecule has 2 aromatic heterocycles. The molecule has 3 rings (SSSR count). The summed E-state index contributed by atoms with van der Waals surface area (Å²) in [6.45, 7) is 1.03. The molecule has 0 bridgehead atoms. The standard InChI is InChI=1S/C16H25FN6O3/c1-9-12(24)10(17)15(26-9)23-8-20-11-13(23)21-16(22-14(11)25)19-7-5-3-2-4-6-18/h8-10,12,15,24H,2-7,18H2,1H3,(H2,19,21,22,25)/t9-,10-,12-,15-/m1/s1/i1D. The predicted molar refractivity (Wildman–Crippen MR) is 94.6 cm³/mol. The van der Waals surface area contributed by atoms with Crippen molar-refractivity contribution < 1.29 is 15.6 Å². The number of alkyl halides is 1. The van der Waals surface area contributed by atoms with Crippen molar-refractivity contribution in [3.63, 3.8) is 0 Å². The zero-order valence-electron chi connectivity index (χ0n) is 15.4. The molecule has 3 heterocycles. The van der Waals surface area contributed by atoms with Crippen molar-refractivity contribution in [3.8, 4) is 0 Å². The zero-order valence-corrected chi connectivity index (χ0v) is 14.4. The Morgan fingerprint density at radius 3 is 3.04 bits per heavy atom. The van der Waals surface area contributed by atoms with Crippen LogP contribution in [-0.2, 0) is 4.74 Å². The van der Waals surface area contributed by atoms with Crippen LogP contribution in [0.15, 0.2) is 11.1 Å². The molecule has 4 atom stereocenters. The topological polar surface area (TPSA) is 131 Å². The fourth-order valence-corrected chi connectivity index (χ4v) is 2.95. The number of fused-ring (bicyclic) bond motifs is 1. The lowest BCUT2D eigenvalue weighted by atomic mass is 10.2. The number of hydrogen-bond donors (Lipinski definition) is 4. The van der Waals surface area contributed by atoms with Gasteiger partial charge in [-0.15, -0.1) is 0 Å². The average Bonchev–Trinajstić information content (AvgIpc) is 3.20. The molecule has 1 aliphatic heterocycles. The zero-order chi connectivity index (χ0) is 19.4. The number of halogens is 1. The van der Waals surface area contributed by atoms with Crippen LogP contribution in [0.2, 0.25) is 0 Å². The van der Waals surface area contributed by atoms with E-state index >= 15 is 0 Å². The van der Waals surface area contributed by atoms with Gasteiger partial charge >= 0.3 is 0 Å². The molecule has 2 aromatic rings. The maximum Gasteiger partial charge on any atom is 0.280 e. The van der Waals surface area contributed by atoms with E-state index in [4.69, 9.17) is 11.8 Å². The molecule has 144 valence electrons. The monoisotopic (exact) mass is 369 g/mol. The first-order chi connectivity index (χ1) is 13.1. The molecule has 0 aliphatic carbocycles. The molecular weight excluding hydrogens is 343 g/mol. The first kappa shape index (κ1) is 17.4. The highest BCUT2D eigenvalue weighted by atomic mass is 19.1. The summed E-state index contributed by atoms with van der Waals surface area (Å²) < 4.78 is 28.5. The van der Waals surface area contributed by atoms with Gasteiger partial charge in [-0.3, -0.25) is 14.3 Å². The van der Waals surface area contributed by atoms with Crippen LogP contribution >= 0.6 is 0 Å². The van der Waals surface area contributed by atoms with Crippen molar-refractivity contribution in [3.05, 3.63) is 16.7 Å². The van der Waals surface area contributed by atoms with Crippen molar-refractivity contribution in [1.82, 2.24) is 19.5 Å². The van der Waals surface area contributed by atoms with Gasteiger partial charge in [0.25, 0.3) is 5.56 Å². The number of H-pyrrole nitrogens is 1. The van der Waals surface area contributed by atoms with Crippen LogP contribution in [0, 0.1) is 0 Å². The highest BCUT2D eigenvalue weighted by Gasteiger charge is 2.43. The van der Waals surface area contributed by atoms with E-state index in [1.54, 1.807) is 0 Å². The fourth-order valence-electron chi connectivity index (χ4n) is 2.95. The van der Waals surface area contributed by atoms with Gasteiger partial charge in [-0.1, -0.05) is 12.8 Å². The number of aromatic nitrogens is 4. The first-order valence-electron chi connectivity index (χ1n) is 9.45. The molecule has 1 fully saturated rings. The summed E-state index contributed by atoms with van der Waals surface area (Å²) >= 11 is 0. The van der Waals surface area contributed by atoms with E-state index in [9.17, 15) is 14.3 Å². The Morgan fingerprint density at radius 1 is 1.50 bits per heavy atom. The summed E-state index contributed by atoms with van der Waals surface area (Å²) in [5, 5.41) is 12.9. The van der Waals surface area contributed by atoms with Crippen molar-refractivity contribution in [2.45, 2.75) is 57.2 Å². The highest BCUT2D eigenvalue weighted by molar-refractivity contribution is 5.70. The molecule has 0 radical (unpaired) electrons. The second-order valence-corrected chi connectivity index (χ2v) is 6.37. The van der Waals surface area contributed by atoms with Gasteiger partial charge in [0.05, 0.1) is 12.4 Å². The van der Waals surface area contributed by atoms with E-state index < -0.39 is 30.2 Å².